The minimum atomic E-state index is -1.18. The fraction of sp³-hybridized carbons (Fsp3) is 0.423. The molecule has 172 valence electrons. The van der Waals surface area contributed by atoms with Crippen molar-refractivity contribution < 1.29 is 14.4 Å². The average Bonchev–Trinajstić information content (AvgIpc) is 3.27. The van der Waals surface area contributed by atoms with Gasteiger partial charge in [-0.25, -0.2) is 0 Å². The molecule has 3 aliphatic rings. The largest absolute Gasteiger partial charge is 0.352 e. The van der Waals surface area contributed by atoms with Crippen molar-refractivity contribution in [2.75, 3.05) is 22.1 Å². The molecule has 1 saturated heterocycles. The van der Waals surface area contributed by atoms with Crippen LogP contribution in [0.25, 0.3) is 0 Å². The van der Waals surface area contributed by atoms with E-state index in [1.54, 1.807) is 9.80 Å². The summed E-state index contributed by atoms with van der Waals surface area (Å²) in [5.74, 6) is -0.250. The number of carbonyl (C=O) groups excluding carboxylic acids is 3. The molecule has 1 atom stereocenters. The Labute approximate surface area is 198 Å². The summed E-state index contributed by atoms with van der Waals surface area (Å²) in [6, 6.07) is 13.6. The molecular formula is C26H29N3O3S. The Bertz CT molecular complexity index is 1130. The summed E-state index contributed by atoms with van der Waals surface area (Å²) in [4.78, 5) is 42.1. The predicted molar refractivity (Wildman–Crippen MR) is 131 cm³/mol. The number of amides is 3. The van der Waals surface area contributed by atoms with Crippen molar-refractivity contribution in [3.05, 3.63) is 59.2 Å². The molecule has 1 aliphatic carbocycles. The molecule has 0 bridgehead atoms. The zero-order valence-corrected chi connectivity index (χ0v) is 19.9. The highest BCUT2D eigenvalue weighted by molar-refractivity contribution is 8.02. The minimum Gasteiger partial charge on any atom is -0.352 e. The molecule has 5 rings (SSSR count). The molecule has 2 aliphatic heterocycles. The van der Waals surface area contributed by atoms with E-state index in [2.05, 4.69) is 5.32 Å². The number of para-hydroxylation sites is 1. The van der Waals surface area contributed by atoms with Crippen LogP contribution in [0, 0.1) is 13.8 Å². The third-order valence-electron chi connectivity index (χ3n) is 7.08. The van der Waals surface area contributed by atoms with Gasteiger partial charge in [-0.1, -0.05) is 43.5 Å². The number of aryl methyl sites for hydroxylation is 2. The molecule has 2 aromatic rings. The first kappa shape index (κ1) is 22.0. The van der Waals surface area contributed by atoms with Gasteiger partial charge in [-0.2, -0.15) is 0 Å². The molecule has 1 saturated carbocycles. The van der Waals surface area contributed by atoms with E-state index in [9.17, 15) is 14.4 Å². The van der Waals surface area contributed by atoms with Gasteiger partial charge in [0.15, 0.2) is 0 Å². The first-order chi connectivity index (χ1) is 15.9. The maximum Gasteiger partial charge on any atom is 0.269 e. The lowest BCUT2D eigenvalue weighted by Crippen LogP contribution is -2.52. The van der Waals surface area contributed by atoms with E-state index in [-0.39, 0.29) is 36.1 Å². The maximum absolute atomic E-state index is 14.0. The topological polar surface area (TPSA) is 69.7 Å². The van der Waals surface area contributed by atoms with Crippen molar-refractivity contribution in [3.8, 4) is 0 Å². The Morgan fingerprint density at radius 2 is 1.82 bits per heavy atom. The third kappa shape index (κ3) is 3.62. The van der Waals surface area contributed by atoms with E-state index in [0.717, 1.165) is 42.4 Å². The normalized spacial score (nSPS) is 22.8. The standard InChI is InChI=1S/C26H29N3O3S/c1-17-12-13-20(14-18(17)2)29-24(31)16-33-26(29)21-10-6-7-11-22(21)28(25(26)32)15-23(30)27-19-8-4-3-5-9-19/h6-7,10-14,19H,3-5,8-9,15-16H2,1-2H3,(H,27,30). The molecule has 1 N–H and O–H groups in total. The molecule has 0 radical (unpaired) electrons. The van der Waals surface area contributed by atoms with Gasteiger partial charge < -0.3 is 5.32 Å². The van der Waals surface area contributed by atoms with Crippen LogP contribution in [0.1, 0.15) is 48.8 Å². The van der Waals surface area contributed by atoms with Crippen molar-refractivity contribution in [1.29, 1.82) is 0 Å². The van der Waals surface area contributed by atoms with E-state index in [4.69, 9.17) is 0 Å². The highest BCUT2D eigenvalue weighted by Gasteiger charge is 2.61. The molecule has 2 heterocycles. The number of fused-ring (bicyclic) bond motifs is 2. The van der Waals surface area contributed by atoms with Crippen LogP contribution in [-0.4, -0.2) is 36.1 Å². The molecule has 1 spiro atoms. The van der Waals surface area contributed by atoms with Gasteiger partial charge in [0.25, 0.3) is 5.91 Å². The number of thioether (sulfide) groups is 1. The zero-order valence-electron chi connectivity index (χ0n) is 19.1. The number of carbonyl (C=O) groups is 3. The summed E-state index contributed by atoms with van der Waals surface area (Å²) < 4.78 is 0. The second kappa shape index (κ2) is 8.52. The van der Waals surface area contributed by atoms with Crippen LogP contribution in [0.15, 0.2) is 42.5 Å². The summed E-state index contributed by atoms with van der Waals surface area (Å²) in [6.07, 6.45) is 5.45. The lowest BCUT2D eigenvalue weighted by Gasteiger charge is -2.33. The monoisotopic (exact) mass is 463 g/mol. The van der Waals surface area contributed by atoms with Gasteiger partial charge in [-0.3, -0.25) is 24.2 Å². The van der Waals surface area contributed by atoms with Crippen LogP contribution in [0.4, 0.5) is 11.4 Å². The highest BCUT2D eigenvalue weighted by Crippen LogP contribution is 2.55. The van der Waals surface area contributed by atoms with Crippen molar-refractivity contribution in [2.24, 2.45) is 0 Å². The number of hydrogen-bond donors (Lipinski definition) is 1. The molecule has 7 heteroatoms. The average molecular weight is 464 g/mol. The summed E-state index contributed by atoms with van der Waals surface area (Å²) in [7, 11) is 0. The quantitative estimate of drug-likeness (QED) is 0.743. The summed E-state index contributed by atoms with van der Waals surface area (Å²) >= 11 is 1.34. The second-order valence-corrected chi connectivity index (χ2v) is 10.4. The van der Waals surface area contributed by atoms with Crippen LogP contribution < -0.4 is 15.1 Å². The SMILES string of the molecule is Cc1ccc(N2C(=O)CSC23C(=O)N(CC(=O)NC2CCCCC2)c2ccccc23)cc1C. The smallest absolute Gasteiger partial charge is 0.269 e. The lowest BCUT2D eigenvalue weighted by atomic mass is 9.95. The minimum absolute atomic E-state index is 0.0381. The van der Waals surface area contributed by atoms with Crippen molar-refractivity contribution in [2.45, 2.75) is 56.9 Å². The van der Waals surface area contributed by atoms with Gasteiger partial charge in [-0.05, 0) is 56.0 Å². The Morgan fingerprint density at radius 1 is 1.06 bits per heavy atom. The van der Waals surface area contributed by atoms with Crippen LogP contribution >= 0.6 is 11.8 Å². The fourth-order valence-electron chi connectivity index (χ4n) is 5.24. The van der Waals surface area contributed by atoms with Crippen molar-refractivity contribution in [1.82, 2.24) is 5.32 Å². The summed E-state index contributed by atoms with van der Waals surface area (Å²) in [6.45, 7) is 3.99. The Balaban J connectivity index is 1.50. The predicted octanol–water partition coefficient (Wildman–Crippen LogP) is 4.03. The Morgan fingerprint density at radius 3 is 2.58 bits per heavy atom. The number of nitrogens with one attached hydrogen (secondary N) is 1. The maximum atomic E-state index is 14.0. The fourth-order valence-corrected chi connectivity index (χ4v) is 6.60. The molecule has 6 nitrogen and oxygen atoms in total. The molecule has 2 fully saturated rings. The van der Waals surface area contributed by atoms with Crippen LogP contribution in [0.5, 0.6) is 0 Å². The van der Waals surface area contributed by atoms with Crippen LogP contribution in [-0.2, 0) is 19.3 Å². The molecule has 33 heavy (non-hydrogen) atoms. The third-order valence-corrected chi connectivity index (χ3v) is 8.47. The van der Waals surface area contributed by atoms with Gasteiger partial charge in [0.05, 0.1) is 11.4 Å². The van der Waals surface area contributed by atoms with E-state index >= 15 is 0 Å². The van der Waals surface area contributed by atoms with Gasteiger partial charge in [-0.15, -0.1) is 11.8 Å². The van der Waals surface area contributed by atoms with E-state index in [1.807, 2.05) is 56.3 Å². The lowest BCUT2D eigenvalue weighted by molar-refractivity contribution is -0.126. The van der Waals surface area contributed by atoms with E-state index in [0.29, 0.717) is 11.4 Å². The number of anilines is 2. The molecule has 3 amide bonds. The number of rotatable bonds is 4. The number of nitrogens with zero attached hydrogens (tertiary/aromatic N) is 2. The van der Waals surface area contributed by atoms with Gasteiger partial charge in [0, 0.05) is 17.3 Å². The molecule has 1 unspecified atom stereocenters. The zero-order chi connectivity index (χ0) is 23.2. The van der Waals surface area contributed by atoms with Gasteiger partial charge in [0.2, 0.25) is 16.7 Å². The highest BCUT2D eigenvalue weighted by atomic mass is 32.2. The van der Waals surface area contributed by atoms with Crippen LogP contribution in [0.3, 0.4) is 0 Å². The Kier molecular flexibility index (Phi) is 5.69. The number of hydrogen-bond acceptors (Lipinski definition) is 4. The first-order valence-corrected chi connectivity index (χ1v) is 12.7. The molecular weight excluding hydrogens is 434 g/mol. The first-order valence-electron chi connectivity index (χ1n) is 11.7. The van der Waals surface area contributed by atoms with Gasteiger partial charge >= 0.3 is 0 Å². The number of benzene rings is 2. The molecule has 0 aromatic heterocycles. The van der Waals surface area contributed by atoms with E-state index in [1.165, 1.54) is 18.2 Å². The molecule has 2 aromatic carbocycles. The van der Waals surface area contributed by atoms with Crippen molar-refractivity contribution in [3.63, 3.8) is 0 Å². The summed E-state index contributed by atoms with van der Waals surface area (Å²) in [5, 5.41) is 3.12. The van der Waals surface area contributed by atoms with E-state index < -0.39 is 4.87 Å². The Hall–Kier alpha value is -2.80. The van der Waals surface area contributed by atoms with Gasteiger partial charge in [0.1, 0.15) is 6.54 Å². The van der Waals surface area contributed by atoms with Crippen LogP contribution in [0.2, 0.25) is 0 Å². The second-order valence-electron chi connectivity index (χ2n) is 9.24. The summed E-state index contributed by atoms with van der Waals surface area (Å²) in [5.41, 5.74) is 4.39. The van der Waals surface area contributed by atoms with Crippen molar-refractivity contribution >= 4 is 40.9 Å².